The highest BCUT2D eigenvalue weighted by molar-refractivity contribution is 5.97. The van der Waals surface area contributed by atoms with Crippen molar-refractivity contribution in [2.24, 2.45) is 23.5 Å². The largest absolute Gasteiger partial charge is 0.460 e. The number of nitrogens with zero attached hydrogens (tertiary/aromatic N) is 1. The van der Waals surface area contributed by atoms with E-state index in [0.29, 0.717) is 0 Å². The first kappa shape index (κ1) is 41.0. The molecule has 248 valence electrons. The van der Waals surface area contributed by atoms with Crippen LogP contribution in [-0.2, 0) is 4.74 Å². The fraction of sp³-hybridized carbons (Fsp3) is 0.564. The fourth-order valence-electron chi connectivity index (χ4n) is 4.20. The summed E-state index contributed by atoms with van der Waals surface area (Å²) in [4.78, 5) is 14.5. The number of benzene rings is 1. The third kappa shape index (κ3) is 12.9. The van der Waals surface area contributed by atoms with Crippen molar-refractivity contribution in [3.8, 4) is 0 Å². The second kappa shape index (κ2) is 20.8. The van der Waals surface area contributed by atoms with Crippen LogP contribution in [0.3, 0.4) is 0 Å². The van der Waals surface area contributed by atoms with E-state index in [2.05, 4.69) is 47.6 Å². The van der Waals surface area contributed by atoms with Crippen molar-refractivity contribution in [2.75, 3.05) is 7.05 Å². The molecular formula is C39H64N2O3. The number of ketones is 1. The highest BCUT2D eigenvalue weighted by atomic mass is 16.5. The Morgan fingerprint density at radius 2 is 1.57 bits per heavy atom. The fourth-order valence-corrected chi connectivity index (χ4v) is 4.20. The van der Waals surface area contributed by atoms with Gasteiger partial charge in [-0.1, -0.05) is 119 Å². The summed E-state index contributed by atoms with van der Waals surface area (Å²) in [7, 11) is 1.95. The summed E-state index contributed by atoms with van der Waals surface area (Å²) in [6.07, 6.45) is 16.2. The monoisotopic (exact) mass is 608 g/mol. The maximum Gasteiger partial charge on any atom is 0.165 e. The second-order valence-corrected chi connectivity index (χ2v) is 12.3. The Kier molecular flexibility index (Phi) is 19.4. The van der Waals surface area contributed by atoms with Crippen molar-refractivity contribution in [3.63, 3.8) is 0 Å². The molecular weight excluding hydrogens is 544 g/mol. The molecule has 5 nitrogen and oxygen atoms in total. The average molecular weight is 609 g/mol. The third-order valence-corrected chi connectivity index (χ3v) is 7.69. The third-order valence-electron chi connectivity index (χ3n) is 7.69. The number of hydrogen-bond donors (Lipinski definition) is 2. The first-order valence-corrected chi connectivity index (χ1v) is 16.8. The molecule has 2 heterocycles. The topological polar surface area (TPSA) is 75.8 Å². The van der Waals surface area contributed by atoms with Crippen molar-refractivity contribution >= 4 is 11.5 Å². The minimum Gasteiger partial charge on any atom is -0.460 e. The molecule has 0 amide bonds. The number of carbonyl (C=O) groups is 1. The van der Waals surface area contributed by atoms with E-state index in [0.717, 1.165) is 46.1 Å². The van der Waals surface area contributed by atoms with Gasteiger partial charge < -0.3 is 20.5 Å². The molecule has 1 aromatic carbocycles. The van der Waals surface area contributed by atoms with Gasteiger partial charge in [-0.05, 0) is 56.2 Å². The van der Waals surface area contributed by atoms with Gasteiger partial charge in [0.25, 0.3) is 0 Å². The molecule has 0 saturated carbocycles. The van der Waals surface area contributed by atoms with Crippen LogP contribution in [0.2, 0.25) is 0 Å². The molecule has 0 radical (unpaired) electrons. The molecule has 0 bridgehead atoms. The lowest BCUT2D eigenvalue weighted by molar-refractivity contribution is 0.0239. The molecule has 44 heavy (non-hydrogen) atoms. The minimum absolute atomic E-state index is 0.0153. The Labute approximate surface area is 270 Å². The maximum atomic E-state index is 12.5. The van der Waals surface area contributed by atoms with Gasteiger partial charge in [0, 0.05) is 41.8 Å². The highest BCUT2D eigenvalue weighted by Gasteiger charge is 2.31. The SMILES string of the molecule is CC.CCC(C)C.CCCC.CC[C@@H](C)C(=O)c1ccc(C2=CC(C)/C(=C(\C=C/N)C3=CC(C(C)(C)O)N(C)C=C3)O2)cc1. The van der Waals surface area contributed by atoms with Crippen LogP contribution in [0.1, 0.15) is 125 Å². The van der Waals surface area contributed by atoms with Crippen molar-refractivity contribution in [3.05, 3.63) is 89.0 Å². The molecule has 0 aromatic heterocycles. The lowest BCUT2D eigenvalue weighted by Gasteiger charge is -2.37. The molecule has 0 fully saturated rings. The first-order valence-electron chi connectivity index (χ1n) is 16.8. The van der Waals surface area contributed by atoms with Crippen molar-refractivity contribution in [1.82, 2.24) is 4.90 Å². The van der Waals surface area contributed by atoms with Crippen LogP contribution in [0.25, 0.3) is 5.76 Å². The summed E-state index contributed by atoms with van der Waals surface area (Å²) in [6, 6.07) is 7.44. The van der Waals surface area contributed by atoms with Gasteiger partial charge in [0.2, 0.25) is 0 Å². The molecule has 3 rings (SSSR count). The molecule has 1 aromatic rings. The number of likely N-dealkylation sites (N-methyl/N-ethyl adjacent to an activating group) is 1. The van der Waals surface area contributed by atoms with Crippen molar-refractivity contribution in [2.45, 2.75) is 120 Å². The lowest BCUT2D eigenvalue weighted by atomic mass is 9.89. The molecule has 3 atom stereocenters. The number of ether oxygens (including phenoxy) is 1. The van der Waals surface area contributed by atoms with Crippen molar-refractivity contribution < 1.29 is 14.6 Å². The maximum absolute atomic E-state index is 12.5. The first-order chi connectivity index (χ1) is 20.7. The highest BCUT2D eigenvalue weighted by Crippen LogP contribution is 2.38. The zero-order valence-electron chi connectivity index (χ0n) is 30.2. The summed E-state index contributed by atoms with van der Waals surface area (Å²) in [5.41, 5.74) is 8.37. The molecule has 0 saturated heterocycles. The van der Waals surface area contributed by atoms with E-state index in [9.17, 15) is 9.90 Å². The van der Waals surface area contributed by atoms with Gasteiger partial charge in [-0.15, -0.1) is 0 Å². The number of rotatable bonds is 9. The Bertz CT molecular complexity index is 1130. The van der Waals surface area contributed by atoms with E-state index in [1.54, 1.807) is 13.8 Å². The number of unbranched alkanes of at least 4 members (excludes halogenated alkanes) is 1. The lowest BCUT2D eigenvalue weighted by Crippen LogP contribution is -2.45. The molecule has 2 aliphatic heterocycles. The van der Waals surface area contributed by atoms with Gasteiger partial charge in [0.05, 0.1) is 11.6 Å². The summed E-state index contributed by atoms with van der Waals surface area (Å²) in [5.74, 6) is 2.68. The Morgan fingerprint density at radius 1 is 1.02 bits per heavy atom. The quantitative estimate of drug-likeness (QED) is 0.273. The summed E-state index contributed by atoms with van der Waals surface area (Å²) < 4.78 is 6.34. The number of aliphatic hydroxyl groups is 1. The van der Waals surface area contributed by atoms with Gasteiger partial charge in [-0.2, -0.15) is 0 Å². The van der Waals surface area contributed by atoms with E-state index in [1.165, 1.54) is 25.5 Å². The molecule has 0 spiro atoms. The number of nitrogens with two attached hydrogens (primary N) is 1. The number of hydrogen-bond acceptors (Lipinski definition) is 5. The number of Topliss-reactive ketones (excluding diaryl/α,β-unsaturated/α-hetero) is 1. The average Bonchev–Trinajstić information content (AvgIpc) is 3.41. The van der Waals surface area contributed by atoms with Gasteiger partial charge in [0.1, 0.15) is 11.5 Å². The predicted molar refractivity (Wildman–Crippen MR) is 191 cm³/mol. The molecule has 5 heteroatoms. The van der Waals surface area contributed by atoms with Gasteiger partial charge in [-0.25, -0.2) is 0 Å². The molecule has 0 aliphatic carbocycles. The van der Waals surface area contributed by atoms with Gasteiger partial charge >= 0.3 is 0 Å². The van der Waals surface area contributed by atoms with E-state index in [1.807, 2.05) is 88.3 Å². The standard InChI is InChI=1S/C28H36N2O3.C5H12.C4H10.C2H6/c1-7-18(2)26(31)21-10-8-20(9-11-21)24-16-19(3)27(33-24)23(12-14-29)22-13-15-30(6)25(17-22)28(4,5)32;1-4-5(2)3;1-3-4-2;1-2/h8-19,25,32H,7,29H2,1-6H3;5H,4H2,1-3H3;3-4H2,1-2H3;1-2H3/b14-12-,27-23-;;;/t18-,19?,25?;;;/m1.../s1. The zero-order chi connectivity index (χ0) is 34.0. The zero-order valence-corrected chi connectivity index (χ0v) is 30.2. The van der Waals surface area contributed by atoms with Crippen LogP contribution in [0.4, 0.5) is 0 Å². The molecule has 2 unspecified atom stereocenters. The van der Waals surface area contributed by atoms with E-state index >= 15 is 0 Å². The van der Waals surface area contributed by atoms with E-state index in [-0.39, 0.29) is 23.7 Å². The van der Waals surface area contributed by atoms with Crippen LogP contribution in [0.15, 0.2) is 77.9 Å². The second-order valence-electron chi connectivity index (χ2n) is 12.3. The normalized spacial score (nSPS) is 19.4. The van der Waals surface area contributed by atoms with Gasteiger partial charge in [-0.3, -0.25) is 4.79 Å². The predicted octanol–water partition coefficient (Wildman–Crippen LogP) is 10.1. The Balaban J connectivity index is 0.00000145. The smallest absolute Gasteiger partial charge is 0.165 e. The van der Waals surface area contributed by atoms with Gasteiger partial charge in [0.15, 0.2) is 5.78 Å². The van der Waals surface area contributed by atoms with Crippen LogP contribution in [0.5, 0.6) is 0 Å². The van der Waals surface area contributed by atoms with Crippen LogP contribution < -0.4 is 5.73 Å². The van der Waals surface area contributed by atoms with Crippen LogP contribution >= 0.6 is 0 Å². The van der Waals surface area contributed by atoms with Crippen LogP contribution in [-0.4, -0.2) is 34.5 Å². The summed E-state index contributed by atoms with van der Waals surface area (Å²) >= 11 is 0. The molecule has 3 N–H and O–H groups in total. The Hall–Kier alpha value is -3.05. The number of allylic oxidation sites excluding steroid dienone is 5. The summed E-state index contributed by atoms with van der Waals surface area (Å²) in [6.45, 7) is 24.7. The number of carbonyl (C=O) groups excluding carboxylic acids is 1. The molecule has 2 aliphatic rings. The van der Waals surface area contributed by atoms with E-state index < -0.39 is 5.60 Å². The Morgan fingerprint density at radius 3 is 2.00 bits per heavy atom. The van der Waals surface area contributed by atoms with Crippen molar-refractivity contribution in [1.29, 1.82) is 0 Å². The minimum atomic E-state index is -0.910. The van der Waals surface area contributed by atoms with Crippen LogP contribution in [0, 0.1) is 17.8 Å². The van der Waals surface area contributed by atoms with E-state index in [4.69, 9.17) is 10.5 Å². The summed E-state index contributed by atoms with van der Waals surface area (Å²) in [5, 5.41) is 10.6.